The van der Waals surface area contributed by atoms with Gasteiger partial charge in [-0.2, -0.15) is 0 Å². The van der Waals surface area contributed by atoms with E-state index < -0.39 is 0 Å². The molecule has 110 valence electrons. The van der Waals surface area contributed by atoms with E-state index in [-0.39, 0.29) is 5.91 Å². The Labute approximate surface area is 121 Å². The summed E-state index contributed by atoms with van der Waals surface area (Å²) in [7, 11) is 0. The lowest BCUT2D eigenvalue weighted by Crippen LogP contribution is -2.49. The van der Waals surface area contributed by atoms with E-state index in [0.29, 0.717) is 6.42 Å². The van der Waals surface area contributed by atoms with Crippen LogP contribution < -0.4 is 5.73 Å². The van der Waals surface area contributed by atoms with Crippen molar-refractivity contribution in [3.8, 4) is 0 Å². The van der Waals surface area contributed by atoms with Gasteiger partial charge in [0, 0.05) is 26.2 Å². The maximum atomic E-state index is 12.2. The van der Waals surface area contributed by atoms with Crippen molar-refractivity contribution in [2.75, 3.05) is 39.3 Å². The number of hydrogen-bond donors (Lipinski definition) is 1. The second-order valence-corrected chi connectivity index (χ2v) is 5.38. The van der Waals surface area contributed by atoms with E-state index in [2.05, 4.69) is 4.90 Å². The summed E-state index contributed by atoms with van der Waals surface area (Å²) in [6.45, 7) is 5.58. The highest BCUT2D eigenvalue weighted by atomic mass is 16.2. The lowest BCUT2D eigenvalue weighted by Gasteiger charge is -2.34. The molecule has 20 heavy (non-hydrogen) atoms. The van der Waals surface area contributed by atoms with E-state index >= 15 is 0 Å². The first-order valence-electron chi connectivity index (χ1n) is 7.53. The van der Waals surface area contributed by atoms with Crippen LogP contribution in [0.5, 0.6) is 0 Å². The Morgan fingerprint density at radius 3 is 2.40 bits per heavy atom. The number of unbranched alkanes of at least 4 members (excludes halogenated alkanes) is 1. The van der Waals surface area contributed by atoms with Crippen LogP contribution >= 0.6 is 0 Å². The molecule has 0 aromatic heterocycles. The summed E-state index contributed by atoms with van der Waals surface area (Å²) in [6, 6.07) is 9.98. The maximum absolute atomic E-state index is 12.2. The average molecular weight is 275 g/mol. The Morgan fingerprint density at radius 1 is 1.05 bits per heavy atom. The number of benzene rings is 1. The Kier molecular flexibility index (Phi) is 6.02. The van der Waals surface area contributed by atoms with Crippen LogP contribution in [0.15, 0.2) is 30.3 Å². The highest BCUT2D eigenvalue weighted by Gasteiger charge is 2.20. The number of carbonyl (C=O) groups is 1. The quantitative estimate of drug-likeness (QED) is 0.791. The van der Waals surface area contributed by atoms with Crippen LogP contribution in [0.4, 0.5) is 0 Å². The minimum Gasteiger partial charge on any atom is -0.340 e. The first-order chi connectivity index (χ1) is 9.79. The standard InChI is InChI=1S/C16H25N3O/c17-8-4-5-9-18-10-12-19(13-11-18)16(20)14-15-6-2-1-3-7-15/h1-3,6-7H,4-5,8-14,17H2. The SMILES string of the molecule is NCCCCN1CCN(C(=O)Cc2ccccc2)CC1. The summed E-state index contributed by atoms with van der Waals surface area (Å²) in [5.74, 6) is 0.248. The highest BCUT2D eigenvalue weighted by molar-refractivity contribution is 5.78. The van der Waals surface area contributed by atoms with Crippen LogP contribution in [-0.4, -0.2) is 55.0 Å². The van der Waals surface area contributed by atoms with Gasteiger partial charge < -0.3 is 10.6 Å². The Morgan fingerprint density at radius 2 is 1.75 bits per heavy atom. The average Bonchev–Trinajstić information content (AvgIpc) is 2.49. The lowest BCUT2D eigenvalue weighted by atomic mass is 10.1. The summed E-state index contributed by atoms with van der Waals surface area (Å²) in [5.41, 5.74) is 6.61. The topological polar surface area (TPSA) is 49.6 Å². The summed E-state index contributed by atoms with van der Waals surface area (Å²) in [4.78, 5) is 16.7. The lowest BCUT2D eigenvalue weighted by molar-refractivity contribution is -0.132. The van der Waals surface area contributed by atoms with Crippen molar-refractivity contribution < 1.29 is 4.79 Å². The third-order valence-electron chi connectivity index (χ3n) is 3.85. The Hall–Kier alpha value is -1.39. The van der Waals surface area contributed by atoms with Gasteiger partial charge in [-0.05, 0) is 31.5 Å². The van der Waals surface area contributed by atoms with Gasteiger partial charge >= 0.3 is 0 Å². The minimum atomic E-state index is 0.248. The van der Waals surface area contributed by atoms with Crippen LogP contribution in [0.2, 0.25) is 0 Å². The van der Waals surface area contributed by atoms with Crippen molar-refractivity contribution >= 4 is 5.91 Å². The number of nitrogens with zero attached hydrogens (tertiary/aromatic N) is 2. The fraction of sp³-hybridized carbons (Fsp3) is 0.562. The molecule has 1 saturated heterocycles. The summed E-state index contributed by atoms with van der Waals surface area (Å²) in [5, 5.41) is 0. The predicted octanol–water partition coefficient (Wildman–Crippen LogP) is 1.11. The van der Waals surface area contributed by atoms with Crippen molar-refractivity contribution in [3.63, 3.8) is 0 Å². The van der Waals surface area contributed by atoms with E-state index in [9.17, 15) is 4.79 Å². The van der Waals surface area contributed by atoms with Crippen LogP contribution in [0, 0.1) is 0 Å². The smallest absolute Gasteiger partial charge is 0.227 e. The van der Waals surface area contributed by atoms with Crippen molar-refractivity contribution in [2.24, 2.45) is 5.73 Å². The van der Waals surface area contributed by atoms with Gasteiger partial charge in [0.05, 0.1) is 6.42 Å². The van der Waals surface area contributed by atoms with E-state index in [1.165, 1.54) is 0 Å². The van der Waals surface area contributed by atoms with E-state index in [1.54, 1.807) is 0 Å². The van der Waals surface area contributed by atoms with Crippen molar-refractivity contribution in [1.29, 1.82) is 0 Å². The molecular weight excluding hydrogens is 250 g/mol. The second kappa shape index (κ2) is 8.02. The van der Waals surface area contributed by atoms with Crippen LogP contribution in [-0.2, 0) is 11.2 Å². The zero-order chi connectivity index (χ0) is 14.2. The molecule has 1 aliphatic heterocycles. The fourth-order valence-corrected chi connectivity index (χ4v) is 2.58. The molecule has 2 rings (SSSR count). The van der Waals surface area contributed by atoms with Crippen LogP contribution in [0.3, 0.4) is 0 Å². The van der Waals surface area contributed by atoms with Gasteiger partial charge in [-0.15, -0.1) is 0 Å². The molecule has 1 aliphatic rings. The molecule has 0 aliphatic carbocycles. The third-order valence-corrected chi connectivity index (χ3v) is 3.85. The maximum Gasteiger partial charge on any atom is 0.227 e. The van der Waals surface area contributed by atoms with Crippen molar-refractivity contribution in [3.05, 3.63) is 35.9 Å². The van der Waals surface area contributed by atoms with E-state index in [1.807, 2.05) is 35.2 Å². The van der Waals surface area contributed by atoms with Crippen LogP contribution in [0.1, 0.15) is 18.4 Å². The molecule has 1 amide bonds. The molecule has 0 spiro atoms. The first-order valence-corrected chi connectivity index (χ1v) is 7.53. The molecule has 0 saturated carbocycles. The molecule has 2 N–H and O–H groups in total. The highest BCUT2D eigenvalue weighted by Crippen LogP contribution is 2.07. The number of hydrogen-bond acceptors (Lipinski definition) is 3. The van der Waals surface area contributed by atoms with Gasteiger partial charge in [0.1, 0.15) is 0 Å². The summed E-state index contributed by atoms with van der Waals surface area (Å²) in [6.07, 6.45) is 2.77. The summed E-state index contributed by atoms with van der Waals surface area (Å²) >= 11 is 0. The van der Waals surface area contributed by atoms with E-state index in [4.69, 9.17) is 5.73 Å². The zero-order valence-electron chi connectivity index (χ0n) is 12.1. The molecule has 0 bridgehead atoms. The summed E-state index contributed by atoms with van der Waals surface area (Å²) < 4.78 is 0. The number of carbonyl (C=O) groups excluding carboxylic acids is 1. The molecule has 0 radical (unpaired) electrons. The largest absolute Gasteiger partial charge is 0.340 e. The monoisotopic (exact) mass is 275 g/mol. The van der Waals surface area contributed by atoms with Gasteiger partial charge in [0.25, 0.3) is 0 Å². The van der Waals surface area contributed by atoms with Crippen LogP contribution in [0.25, 0.3) is 0 Å². The molecule has 4 nitrogen and oxygen atoms in total. The molecule has 0 atom stereocenters. The number of nitrogens with two attached hydrogens (primary N) is 1. The van der Waals surface area contributed by atoms with E-state index in [0.717, 1.165) is 57.7 Å². The van der Waals surface area contributed by atoms with Crippen molar-refractivity contribution in [1.82, 2.24) is 9.80 Å². The number of piperazine rings is 1. The van der Waals surface area contributed by atoms with Crippen molar-refractivity contribution in [2.45, 2.75) is 19.3 Å². The predicted molar refractivity (Wildman–Crippen MR) is 81.5 cm³/mol. The van der Waals surface area contributed by atoms with Gasteiger partial charge in [-0.3, -0.25) is 9.69 Å². The fourth-order valence-electron chi connectivity index (χ4n) is 2.58. The molecule has 4 heteroatoms. The third kappa shape index (κ3) is 4.62. The Balaban J connectivity index is 1.72. The first kappa shape index (κ1) is 15.0. The van der Waals surface area contributed by atoms with Gasteiger partial charge in [-0.1, -0.05) is 30.3 Å². The number of amides is 1. The van der Waals surface area contributed by atoms with Gasteiger partial charge in [0.15, 0.2) is 0 Å². The minimum absolute atomic E-state index is 0.248. The molecule has 1 aromatic carbocycles. The normalized spacial score (nSPS) is 16.4. The van der Waals surface area contributed by atoms with Gasteiger partial charge in [0.2, 0.25) is 5.91 Å². The zero-order valence-corrected chi connectivity index (χ0v) is 12.1. The molecule has 1 aromatic rings. The number of rotatable bonds is 6. The van der Waals surface area contributed by atoms with Gasteiger partial charge in [-0.25, -0.2) is 0 Å². The molecule has 0 unspecified atom stereocenters. The molecule has 1 fully saturated rings. The second-order valence-electron chi connectivity index (χ2n) is 5.38. The molecule has 1 heterocycles. The molecular formula is C16H25N3O. The Bertz CT molecular complexity index is 399.